The van der Waals surface area contributed by atoms with Crippen LogP contribution in [-0.4, -0.2) is 38.3 Å². The van der Waals surface area contributed by atoms with E-state index in [9.17, 15) is 8.42 Å². The smallest absolute Gasteiger partial charge is 0.294 e. The van der Waals surface area contributed by atoms with Crippen molar-refractivity contribution in [3.63, 3.8) is 0 Å². The van der Waals surface area contributed by atoms with Crippen molar-refractivity contribution in [3.8, 4) is 11.5 Å². The minimum atomic E-state index is -4.02. The highest BCUT2D eigenvalue weighted by Crippen LogP contribution is 2.36. The van der Waals surface area contributed by atoms with Crippen molar-refractivity contribution in [2.24, 2.45) is 0 Å². The summed E-state index contributed by atoms with van der Waals surface area (Å²) in [4.78, 5) is 2.26. The van der Waals surface area contributed by atoms with Crippen LogP contribution in [0.5, 0.6) is 11.5 Å². The fourth-order valence-electron chi connectivity index (χ4n) is 3.67. The standard InChI is InChI=1S/C20H23NO2.C7H8O3S/c1-3-7-17-12-18-14-21(11-10-16-8-5-4-6-9-16)15-23-20(18)19(13-17)22-2;1-6-2-4-7(5-3-6)11(8,9)10/h3-6,8-9,12-13H,1,7,10-11,14-15H2,2H3;2-5H,1H3,(H,8,9,10). The zero-order valence-electron chi connectivity index (χ0n) is 19.6. The lowest BCUT2D eigenvalue weighted by molar-refractivity contribution is 0.0930. The highest BCUT2D eigenvalue weighted by molar-refractivity contribution is 7.85. The van der Waals surface area contributed by atoms with E-state index in [1.807, 2.05) is 19.1 Å². The van der Waals surface area contributed by atoms with Gasteiger partial charge in [0, 0.05) is 18.7 Å². The molecular formula is C27H31NO5S. The Morgan fingerprint density at radius 1 is 1.09 bits per heavy atom. The van der Waals surface area contributed by atoms with Crippen molar-refractivity contribution in [3.05, 3.63) is 102 Å². The molecule has 1 aliphatic rings. The highest BCUT2D eigenvalue weighted by atomic mass is 32.2. The third-order valence-electron chi connectivity index (χ3n) is 5.46. The van der Waals surface area contributed by atoms with Gasteiger partial charge in [-0.15, -0.1) is 6.58 Å². The topological polar surface area (TPSA) is 76.1 Å². The summed E-state index contributed by atoms with van der Waals surface area (Å²) < 4.78 is 41.0. The van der Waals surface area contributed by atoms with Gasteiger partial charge in [0.15, 0.2) is 11.5 Å². The quantitative estimate of drug-likeness (QED) is 0.376. The molecule has 0 spiro atoms. The first-order valence-electron chi connectivity index (χ1n) is 11.0. The van der Waals surface area contributed by atoms with Gasteiger partial charge in [0.05, 0.1) is 12.0 Å². The van der Waals surface area contributed by atoms with Crippen LogP contribution < -0.4 is 9.47 Å². The largest absolute Gasteiger partial charge is 0.493 e. The first kappa shape index (κ1) is 25.5. The first-order chi connectivity index (χ1) is 16.3. The number of benzene rings is 3. The number of hydrogen-bond acceptors (Lipinski definition) is 5. The van der Waals surface area contributed by atoms with E-state index in [4.69, 9.17) is 14.0 Å². The molecule has 7 heteroatoms. The van der Waals surface area contributed by atoms with Crippen LogP contribution in [0.1, 0.15) is 22.3 Å². The van der Waals surface area contributed by atoms with Crippen LogP contribution >= 0.6 is 0 Å². The highest BCUT2D eigenvalue weighted by Gasteiger charge is 2.21. The molecule has 3 aromatic carbocycles. The summed E-state index contributed by atoms with van der Waals surface area (Å²) >= 11 is 0. The van der Waals surface area contributed by atoms with Gasteiger partial charge in [-0.05, 0) is 49.1 Å². The minimum absolute atomic E-state index is 0.0666. The lowest BCUT2D eigenvalue weighted by Crippen LogP contribution is -2.33. The van der Waals surface area contributed by atoms with E-state index in [2.05, 4.69) is 47.9 Å². The Kier molecular flexibility index (Phi) is 8.87. The van der Waals surface area contributed by atoms with Crippen LogP contribution in [0, 0.1) is 6.92 Å². The number of aryl methyl sites for hydroxylation is 1. The average Bonchev–Trinajstić information content (AvgIpc) is 2.83. The maximum atomic E-state index is 10.5. The van der Waals surface area contributed by atoms with Crippen molar-refractivity contribution in [2.45, 2.75) is 31.2 Å². The molecule has 1 N–H and O–H groups in total. The molecule has 180 valence electrons. The zero-order valence-corrected chi connectivity index (χ0v) is 20.4. The minimum Gasteiger partial charge on any atom is -0.493 e. The summed E-state index contributed by atoms with van der Waals surface area (Å²) in [7, 11) is -2.33. The van der Waals surface area contributed by atoms with E-state index in [-0.39, 0.29) is 4.90 Å². The second-order valence-electron chi connectivity index (χ2n) is 8.13. The fourth-order valence-corrected chi connectivity index (χ4v) is 4.15. The van der Waals surface area contributed by atoms with E-state index >= 15 is 0 Å². The number of fused-ring (bicyclic) bond motifs is 1. The lowest BCUT2D eigenvalue weighted by atomic mass is 10.0. The van der Waals surface area contributed by atoms with Gasteiger partial charge < -0.3 is 9.47 Å². The van der Waals surface area contributed by atoms with Crippen molar-refractivity contribution < 1.29 is 22.4 Å². The molecule has 6 nitrogen and oxygen atoms in total. The Balaban J connectivity index is 0.000000248. The molecular weight excluding hydrogens is 450 g/mol. The zero-order chi connectivity index (χ0) is 24.6. The summed E-state index contributed by atoms with van der Waals surface area (Å²) in [6.45, 7) is 8.14. The summed E-state index contributed by atoms with van der Waals surface area (Å²) in [5.41, 5.74) is 4.72. The predicted octanol–water partition coefficient (Wildman–Crippen LogP) is 5.06. The van der Waals surface area contributed by atoms with E-state index in [0.29, 0.717) is 6.73 Å². The second kappa shape index (κ2) is 11.8. The number of methoxy groups -OCH3 is 1. The molecule has 0 fully saturated rings. The Morgan fingerprint density at radius 2 is 1.79 bits per heavy atom. The van der Waals surface area contributed by atoms with Gasteiger partial charge in [-0.3, -0.25) is 9.45 Å². The van der Waals surface area contributed by atoms with Gasteiger partial charge in [0.25, 0.3) is 10.1 Å². The third-order valence-corrected chi connectivity index (χ3v) is 6.32. The van der Waals surface area contributed by atoms with E-state index in [0.717, 1.165) is 43.0 Å². The predicted molar refractivity (Wildman–Crippen MR) is 134 cm³/mol. The summed E-state index contributed by atoms with van der Waals surface area (Å²) in [5.74, 6) is 1.71. The molecule has 0 unspecified atom stereocenters. The van der Waals surface area contributed by atoms with Crippen LogP contribution in [0.4, 0.5) is 0 Å². The van der Waals surface area contributed by atoms with Crippen molar-refractivity contribution in [1.82, 2.24) is 4.90 Å². The van der Waals surface area contributed by atoms with Crippen LogP contribution in [0.2, 0.25) is 0 Å². The van der Waals surface area contributed by atoms with Crippen molar-refractivity contribution in [2.75, 3.05) is 20.4 Å². The maximum absolute atomic E-state index is 10.5. The Bertz CT molecular complexity index is 1190. The maximum Gasteiger partial charge on any atom is 0.294 e. The van der Waals surface area contributed by atoms with Crippen LogP contribution in [0.15, 0.2) is 84.3 Å². The Morgan fingerprint density at radius 3 is 2.41 bits per heavy atom. The van der Waals surface area contributed by atoms with Crippen LogP contribution in [-0.2, 0) is 29.5 Å². The molecule has 1 aliphatic heterocycles. The number of allylic oxidation sites excluding steroid dienone is 1. The molecule has 0 radical (unpaired) electrons. The summed E-state index contributed by atoms with van der Waals surface area (Å²) in [5, 5.41) is 0. The van der Waals surface area contributed by atoms with Crippen LogP contribution in [0.3, 0.4) is 0 Å². The van der Waals surface area contributed by atoms with Gasteiger partial charge in [0.2, 0.25) is 0 Å². The molecule has 0 saturated carbocycles. The van der Waals surface area contributed by atoms with E-state index in [1.165, 1.54) is 28.8 Å². The van der Waals surface area contributed by atoms with Crippen molar-refractivity contribution >= 4 is 10.1 Å². The van der Waals surface area contributed by atoms with Crippen LogP contribution in [0.25, 0.3) is 0 Å². The number of rotatable bonds is 7. The normalized spacial score (nSPS) is 13.1. The summed E-state index contributed by atoms with van der Waals surface area (Å²) in [6, 6.07) is 20.8. The summed E-state index contributed by atoms with van der Waals surface area (Å²) in [6.07, 6.45) is 3.79. The first-order valence-corrected chi connectivity index (χ1v) is 12.5. The fraction of sp³-hybridized carbons (Fsp3) is 0.259. The molecule has 34 heavy (non-hydrogen) atoms. The molecule has 4 rings (SSSR count). The molecule has 1 heterocycles. The molecule has 3 aromatic rings. The number of ether oxygens (including phenoxy) is 2. The number of nitrogens with zero attached hydrogens (tertiary/aromatic N) is 1. The molecule has 0 aliphatic carbocycles. The second-order valence-corrected chi connectivity index (χ2v) is 9.55. The lowest BCUT2D eigenvalue weighted by Gasteiger charge is -2.30. The molecule has 0 amide bonds. The van der Waals surface area contributed by atoms with Gasteiger partial charge in [-0.25, -0.2) is 0 Å². The SMILES string of the molecule is C=CCc1cc2c(c(OC)c1)OCN(CCc1ccccc1)C2.Cc1ccc(S(=O)(=O)O)cc1. The Hall–Kier alpha value is -3.13. The number of hydrogen-bond donors (Lipinski definition) is 1. The van der Waals surface area contributed by atoms with Crippen molar-refractivity contribution in [1.29, 1.82) is 0 Å². The van der Waals surface area contributed by atoms with E-state index < -0.39 is 10.1 Å². The third kappa shape index (κ3) is 7.18. The van der Waals surface area contributed by atoms with Gasteiger partial charge in [0.1, 0.15) is 6.73 Å². The van der Waals surface area contributed by atoms with E-state index in [1.54, 1.807) is 19.2 Å². The molecule has 0 atom stereocenters. The Labute approximate surface area is 202 Å². The van der Waals surface area contributed by atoms with Gasteiger partial charge in [-0.1, -0.05) is 60.2 Å². The average molecular weight is 482 g/mol. The molecule has 0 bridgehead atoms. The van der Waals surface area contributed by atoms with Gasteiger partial charge in [-0.2, -0.15) is 8.42 Å². The van der Waals surface area contributed by atoms with Gasteiger partial charge >= 0.3 is 0 Å². The monoisotopic (exact) mass is 481 g/mol. The molecule has 0 aromatic heterocycles. The molecule has 0 saturated heterocycles.